The van der Waals surface area contributed by atoms with E-state index in [4.69, 9.17) is 0 Å². The lowest BCUT2D eigenvalue weighted by atomic mass is 10.1. The van der Waals surface area contributed by atoms with Crippen LogP contribution < -0.4 is 5.56 Å². The first-order chi connectivity index (χ1) is 10.5. The number of aromatic nitrogens is 1. The monoisotopic (exact) mass is 302 g/mol. The van der Waals surface area contributed by atoms with E-state index in [-0.39, 0.29) is 16.2 Å². The Hall–Kier alpha value is -3.29. The molecule has 7 nitrogen and oxygen atoms in total. The van der Waals surface area contributed by atoms with Crippen molar-refractivity contribution in [1.82, 2.24) is 10.0 Å². The topological polar surface area (TPSA) is 96.5 Å². The third-order valence-corrected chi connectivity index (χ3v) is 3.02. The molecule has 0 bridgehead atoms. The van der Waals surface area contributed by atoms with Gasteiger partial charge in [-0.1, -0.05) is 17.2 Å². The highest BCUT2D eigenvalue weighted by molar-refractivity contribution is 6.21. The number of carbonyl (C=O) groups is 3. The number of rotatable bonds is 2. The number of hydrogen-bond acceptors (Lipinski definition) is 5. The molecule has 2 heterocycles. The predicted molar refractivity (Wildman–Crippen MR) is 69.4 cm³/mol. The second-order valence-electron chi connectivity index (χ2n) is 4.39. The number of fused-ring (bicyclic) bond motifs is 1. The minimum absolute atomic E-state index is 0.0773. The van der Waals surface area contributed by atoms with Gasteiger partial charge in [0.15, 0.2) is 0 Å². The van der Waals surface area contributed by atoms with Gasteiger partial charge in [-0.15, -0.1) is 0 Å². The van der Waals surface area contributed by atoms with Crippen molar-refractivity contribution in [1.29, 1.82) is 0 Å². The largest absolute Gasteiger partial charge is 0.369 e. The molecule has 0 unspecified atom stereocenters. The second-order valence-corrected chi connectivity index (χ2v) is 4.39. The number of amides is 2. The Balaban J connectivity index is 1.90. The van der Waals surface area contributed by atoms with Gasteiger partial charge in [-0.05, 0) is 18.2 Å². The molecule has 0 atom stereocenters. The molecule has 1 aliphatic rings. The Morgan fingerprint density at radius 1 is 1.09 bits per heavy atom. The molecule has 2 amide bonds. The standard InChI is InChI=1S/C14H7FN2O5/c15-7-5-10(11(18)16-6-7)14(21)22-17-12(19)8-3-1-2-4-9(8)13(17)20/h1-6H,(H,16,18). The number of benzene rings is 1. The fraction of sp³-hybridized carbons (Fsp3) is 0. The van der Waals surface area contributed by atoms with Crippen LogP contribution in [0.4, 0.5) is 4.39 Å². The Morgan fingerprint density at radius 2 is 1.68 bits per heavy atom. The van der Waals surface area contributed by atoms with Crippen LogP contribution in [0.2, 0.25) is 0 Å². The summed E-state index contributed by atoms with van der Waals surface area (Å²) in [4.78, 5) is 53.9. The van der Waals surface area contributed by atoms with Crippen molar-refractivity contribution in [3.05, 3.63) is 69.4 Å². The summed E-state index contributed by atoms with van der Waals surface area (Å²) < 4.78 is 13.1. The summed E-state index contributed by atoms with van der Waals surface area (Å²) in [7, 11) is 0. The summed E-state index contributed by atoms with van der Waals surface area (Å²) in [5.41, 5.74) is -1.40. The second kappa shape index (κ2) is 4.92. The summed E-state index contributed by atoms with van der Waals surface area (Å²) in [6, 6.07) is 6.55. The first-order valence-corrected chi connectivity index (χ1v) is 6.07. The van der Waals surface area contributed by atoms with E-state index >= 15 is 0 Å². The SMILES string of the molecule is O=C(ON1C(=O)c2ccccc2C1=O)c1cc(F)c[nH]c1=O. The number of pyridine rings is 1. The van der Waals surface area contributed by atoms with E-state index < -0.39 is 34.7 Å². The zero-order chi connectivity index (χ0) is 15.9. The number of imide groups is 1. The van der Waals surface area contributed by atoms with Crippen molar-refractivity contribution in [2.45, 2.75) is 0 Å². The van der Waals surface area contributed by atoms with E-state index in [0.717, 1.165) is 6.20 Å². The van der Waals surface area contributed by atoms with Gasteiger partial charge in [0.25, 0.3) is 17.4 Å². The molecule has 0 fully saturated rings. The number of aromatic amines is 1. The summed E-state index contributed by atoms with van der Waals surface area (Å²) in [5.74, 6) is -3.84. The molecule has 22 heavy (non-hydrogen) atoms. The highest BCUT2D eigenvalue weighted by Gasteiger charge is 2.39. The summed E-state index contributed by atoms with van der Waals surface area (Å²) >= 11 is 0. The maximum atomic E-state index is 13.1. The van der Waals surface area contributed by atoms with E-state index in [2.05, 4.69) is 4.84 Å². The zero-order valence-electron chi connectivity index (χ0n) is 10.8. The molecule has 0 radical (unpaired) electrons. The first kappa shape index (κ1) is 13.7. The number of nitrogens with one attached hydrogen (secondary N) is 1. The molecule has 1 N–H and O–H groups in total. The van der Waals surface area contributed by atoms with E-state index in [1.807, 2.05) is 4.98 Å². The number of nitrogens with zero attached hydrogens (tertiary/aromatic N) is 1. The highest BCUT2D eigenvalue weighted by atomic mass is 19.1. The molecule has 1 aliphatic heterocycles. The third-order valence-electron chi connectivity index (χ3n) is 3.02. The van der Waals surface area contributed by atoms with E-state index in [1.165, 1.54) is 12.1 Å². The van der Waals surface area contributed by atoms with Crippen molar-refractivity contribution >= 4 is 17.8 Å². The maximum absolute atomic E-state index is 13.1. The summed E-state index contributed by atoms with van der Waals surface area (Å²) in [5, 5.41) is 0.247. The van der Waals surface area contributed by atoms with Gasteiger partial charge >= 0.3 is 5.97 Å². The van der Waals surface area contributed by atoms with Gasteiger partial charge in [-0.3, -0.25) is 14.4 Å². The Morgan fingerprint density at radius 3 is 2.27 bits per heavy atom. The van der Waals surface area contributed by atoms with Crippen LogP contribution in [0.25, 0.3) is 0 Å². The molecule has 3 rings (SSSR count). The predicted octanol–water partition coefficient (Wildman–Crippen LogP) is 0.882. The van der Waals surface area contributed by atoms with Crippen LogP contribution >= 0.6 is 0 Å². The third kappa shape index (κ3) is 2.06. The van der Waals surface area contributed by atoms with E-state index in [9.17, 15) is 23.6 Å². The average molecular weight is 302 g/mol. The minimum atomic E-state index is -1.31. The van der Waals surface area contributed by atoms with Crippen LogP contribution in [0.5, 0.6) is 0 Å². The van der Waals surface area contributed by atoms with Crippen molar-refractivity contribution in [3.63, 3.8) is 0 Å². The molecule has 1 aromatic carbocycles. The first-order valence-electron chi connectivity index (χ1n) is 6.07. The lowest BCUT2D eigenvalue weighted by Gasteiger charge is -2.12. The fourth-order valence-electron chi connectivity index (χ4n) is 1.99. The van der Waals surface area contributed by atoms with Gasteiger partial charge < -0.3 is 9.82 Å². The van der Waals surface area contributed by atoms with Crippen LogP contribution in [0.15, 0.2) is 41.3 Å². The molecule has 2 aromatic rings. The number of H-pyrrole nitrogens is 1. The zero-order valence-corrected chi connectivity index (χ0v) is 10.8. The summed E-state index contributed by atoms with van der Waals surface area (Å²) in [6.45, 7) is 0. The van der Waals surface area contributed by atoms with Crippen molar-refractivity contribution in [3.8, 4) is 0 Å². The van der Waals surface area contributed by atoms with Gasteiger partial charge in [0.2, 0.25) is 0 Å². The molecule has 110 valence electrons. The van der Waals surface area contributed by atoms with Crippen molar-refractivity contribution < 1.29 is 23.6 Å². The minimum Gasteiger partial charge on any atom is -0.325 e. The lowest BCUT2D eigenvalue weighted by Crippen LogP contribution is -2.34. The molecular weight excluding hydrogens is 295 g/mol. The van der Waals surface area contributed by atoms with Gasteiger partial charge in [0.05, 0.1) is 11.1 Å². The number of halogens is 1. The van der Waals surface area contributed by atoms with Crippen LogP contribution in [-0.2, 0) is 4.84 Å². The van der Waals surface area contributed by atoms with Gasteiger partial charge in [-0.25, -0.2) is 9.18 Å². The quantitative estimate of drug-likeness (QED) is 0.831. The van der Waals surface area contributed by atoms with Crippen LogP contribution in [0, 0.1) is 5.82 Å². The highest BCUT2D eigenvalue weighted by Crippen LogP contribution is 2.23. The molecule has 0 saturated carbocycles. The normalized spacial score (nSPS) is 13.2. The van der Waals surface area contributed by atoms with Gasteiger partial charge in [-0.2, -0.15) is 0 Å². The average Bonchev–Trinajstić information content (AvgIpc) is 2.75. The van der Waals surface area contributed by atoms with Gasteiger partial charge in [0.1, 0.15) is 11.4 Å². The van der Waals surface area contributed by atoms with Crippen LogP contribution in [-0.4, -0.2) is 27.8 Å². The number of hydrogen-bond donors (Lipinski definition) is 1. The van der Waals surface area contributed by atoms with Gasteiger partial charge in [0, 0.05) is 6.20 Å². The van der Waals surface area contributed by atoms with Crippen LogP contribution in [0.3, 0.4) is 0 Å². The summed E-state index contributed by atoms with van der Waals surface area (Å²) in [6.07, 6.45) is 0.765. The number of hydroxylamine groups is 2. The Labute approximate surface area is 121 Å². The molecule has 0 saturated heterocycles. The fourth-order valence-corrected chi connectivity index (χ4v) is 1.99. The molecule has 0 aliphatic carbocycles. The smallest absolute Gasteiger partial charge is 0.325 e. The van der Waals surface area contributed by atoms with Crippen molar-refractivity contribution in [2.24, 2.45) is 0 Å². The molecule has 8 heteroatoms. The Kier molecular flexibility index (Phi) is 3.06. The van der Waals surface area contributed by atoms with E-state index in [0.29, 0.717) is 6.07 Å². The number of carbonyl (C=O) groups excluding carboxylic acids is 3. The lowest BCUT2D eigenvalue weighted by molar-refractivity contribution is -0.0586. The molecule has 1 aromatic heterocycles. The maximum Gasteiger partial charge on any atom is 0.369 e. The molecule has 0 spiro atoms. The Bertz CT molecular complexity index is 839. The van der Waals surface area contributed by atoms with E-state index in [1.54, 1.807) is 12.1 Å². The van der Waals surface area contributed by atoms with Crippen LogP contribution in [0.1, 0.15) is 31.1 Å². The molecular formula is C14H7FN2O5. The van der Waals surface area contributed by atoms with Crippen molar-refractivity contribution in [2.75, 3.05) is 0 Å².